The van der Waals surface area contributed by atoms with E-state index in [-0.39, 0.29) is 24.3 Å². The van der Waals surface area contributed by atoms with Crippen molar-refractivity contribution < 1.29 is 28.8 Å². The van der Waals surface area contributed by atoms with Crippen molar-refractivity contribution in [2.45, 2.75) is 19.4 Å². The first-order valence-corrected chi connectivity index (χ1v) is 9.81. The van der Waals surface area contributed by atoms with Crippen LogP contribution in [0.25, 0.3) is 10.9 Å². The number of aromatic nitrogens is 1. The van der Waals surface area contributed by atoms with Gasteiger partial charge in [0, 0.05) is 41.2 Å². The molecule has 1 heterocycles. The molecule has 0 radical (unpaired) electrons. The van der Waals surface area contributed by atoms with Gasteiger partial charge >= 0.3 is 12.1 Å². The standard InChI is InChI=1S/C22H21N3O7/c1-2-31-22(28)24-19(11-15-12-23-18-9-4-3-8-17(15)18)21(27)32-13-20(26)14-6-5-7-16(10-14)25(29)30/h3-10,12,19,23H,2,11,13H2,1H3,(H,24,28)/t19-/m1/s1. The van der Waals surface area contributed by atoms with Crippen molar-refractivity contribution >= 4 is 34.4 Å². The van der Waals surface area contributed by atoms with Crippen molar-refractivity contribution in [1.29, 1.82) is 0 Å². The average molecular weight is 439 g/mol. The first-order valence-electron chi connectivity index (χ1n) is 9.81. The molecule has 3 rings (SSSR count). The number of amides is 1. The van der Waals surface area contributed by atoms with E-state index in [0.29, 0.717) is 0 Å². The summed E-state index contributed by atoms with van der Waals surface area (Å²) in [7, 11) is 0. The molecule has 0 aliphatic rings. The van der Waals surface area contributed by atoms with Gasteiger partial charge in [-0.15, -0.1) is 0 Å². The Morgan fingerprint density at radius 1 is 1.12 bits per heavy atom. The highest BCUT2D eigenvalue weighted by atomic mass is 16.6. The molecular weight excluding hydrogens is 418 g/mol. The lowest BCUT2D eigenvalue weighted by molar-refractivity contribution is -0.384. The Hall–Kier alpha value is -4.21. The zero-order valence-corrected chi connectivity index (χ0v) is 17.2. The van der Waals surface area contributed by atoms with E-state index in [9.17, 15) is 24.5 Å². The van der Waals surface area contributed by atoms with Crippen LogP contribution in [0.5, 0.6) is 0 Å². The Bertz CT molecular complexity index is 1160. The maximum Gasteiger partial charge on any atom is 0.407 e. The molecule has 1 amide bonds. The summed E-state index contributed by atoms with van der Waals surface area (Å²) in [5, 5.41) is 14.2. The number of ketones is 1. The van der Waals surface area contributed by atoms with Crippen LogP contribution in [0.4, 0.5) is 10.5 Å². The number of benzene rings is 2. The molecule has 166 valence electrons. The highest BCUT2D eigenvalue weighted by Crippen LogP contribution is 2.20. The molecule has 10 nitrogen and oxygen atoms in total. The summed E-state index contributed by atoms with van der Waals surface area (Å²) in [6, 6.07) is 11.5. The van der Waals surface area contributed by atoms with Gasteiger partial charge in [-0.1, -0.05) is 30.3 Å². The van der Waals surface area contributed by atoms with Crippen LogP contribution in [0.1, 0.15) is 22.8 Å². The van der Waals surface area contributed by atoms with Crippen molar-refractivity contribution in [2.24, 2.45) is 0 Å². The predicted octanol–water partition coefficient (Wildman–Crippen LogP) is 3.16. The smallest absolute Gasteiger partial charge is 0.407 e. The van der Waals surface area contributed by atoms with Crippen LogP contribution >= 0.6 is 0 Å². The third-order valence-electron chi connectivity index (χ3n) is 4.68. The molecule has 0 unspecified atom stereocenters. The van der Waals surface area contributed by atoms with Crippen LogP contribution in [0, 0.1) is 10.1 Å². The van der Waals surface area contributed by atoms with E-state index in [1.807, 2.05) is 24.3 Å². The molecule has 0 saturated heterocycles. The lowest BCUT2D eigenvalue weighted by Crippen LogP contribution is -2.44. The summed E-state index contributed by atoms with van der Waals surface area (Å²) in [6.45, 7) is 1.12. The highest BCUT2D eigenvalue weighted by Gasteiger charge is 2.26. The van der Waals surface area contributed by atoms with Crippen molar-refractivity contribution in [2.75, 3.05) is 13.2 Å². The van der Waals surface area contributed by atoms with E-state index in [4.69, 9.17) is 9.47 Å². The molecule has 10 heteroatoms. The molecule has 0 aliphatic heterocycles. The summed E-state index contributed by atoms with van der Waals surface area (Å²) in [5.41, 5.74) is 1.43. The van der Waals surface area contributed by atoms with Gasteiger partial charge in [0.1, 0.15) is 6.04 Å². The van der Waals surface area contributed by atoms with Gasteiger partial charge in [0.25, 0.3) is 5.69 Å². The van der Waals surface area contributed by atoms with Crippen LogP contribution in [0.15, 0.2) is 54.7 Å². The minimum Gasteiger partial charge on any atom is -0.456 e. The zero-order valence-electron chi connectivity index (χ0n) is 17.2. The van der Waals surface area contributed by atoms with E-state index < -0.39 is 35.4 Å². The molecule has 0 aliphatic carbocycles. The minimum absolute atomic E-state index is 0.0403. The Morgan fingerprint density at radius 3 is 2.66 bits per heavy atom. The fourth-order valence-electron chi connectivity index (χ4n) is 3.14. The summed E-state index contributed by atoms with van der Waals surface area (Å²) in [5.74, 6) is -1.44. The number of carbonyl (C=O) groups is 3. The van der Waals surface area contributed by atoms with Gasteiger partial charge in [0.15, 0.2) is 6.61 Å². The van der Waals surface area contributed by atoms with E-state index in [1.165, 1.54) is 18.2 Å². The number of Topliss-reactive ketones (excluding diaryl/α,β-unsaturated/α-hetero) is 1. The molecule has 1 aromatic heterocycles. The van der Waals surface area contributed by atoms with Gasteiger partial charge in [-0.25, -0.2) is 9.59 Å². The van der Waals surface area contributed by atoms with Gasteiger partial charge < -0.3 is 19.8 Å². The number of nitrogens with zero attached hydrogens (tertiary/aromatic N) is 1. The molecule has 32 heavy (non-hydrogen) atoms. The quantitative estimate of drug-likeness (QED) is 0.226. The van der Waals surface area contributed by atoms with E-state index in [2.05, 4.69) is 10.3 Å². The maximum absolute atomic E-state index is 12.7. The van der Waals surface area contributed by atoms with E-state index in [0.717, 1.165) is 22.5 Å². The number of nitro groups is 1. The maximum atomic E-state index is 12.7. The predicted molar refractivity (Wildman–Crippen MR) is 114 cm³/mol. The minimum atomic E-state index is -1.11. The van der Waals surface area contributed by atoms with Crippen molar-refractivity contribution in [3.63, 3.8) is 0 Å². The van der Waals surface area contributed by atoms with Gasteiger partial charge in [0.2, 0.25) is 5.78 Å². The molecule has 0 bridgehead atoms. The summed E-state index contributed by atoms with van der Waals surface area (Å²) >= 11 is 0. The van der Waals surface area contributed by atoms with Gasteiger partial charge in [-0.2, -0.15) is 0 Å². The Morgan fingerprint density at radius 2 is 1.91 bits per heavy atom. The normalized spacial score (nSPS) is 11.5. The summed E-state index contributed by atoms with van der Waals surface area (Å²) in [4.78, 5) is 50.3. The van der Waals surface area contributed by atoms with Gasteiger partial charge in [-0.3, -0.25) is 14.9 Å². The van der Waals surface area contributed by atoms with E-state index >= 15 is 0 Å². The number of carbonyl (C=O) groups excluding carboxylic acids is 3. The zero-order chi connectivity index (χ0) is 23.1. The monoisotopic (exact) mass is 439 g/mol. The number of hydrogen-bond donors (Lipinski definition) is 2. The van der Waals surface area contributed by atoms with Crippen molar-refractivity contribution in [3.8, 4) is 0 Å². The molecule has 2 N–H and O–H groups in total. The van der Waals surface area contributed by atoms with Crippen LogP contribution in [0.2, 0.25) is 0 Å². The number of hydrogen-bond acceptors (Lipinski definition) is 7. The second-order valence-electron chi connectivity index (χ2n) is 6.82. The van der Waals surface area contributed by atoms with Crippen molar-refractivity contribution in [1.82, 2.24) is 10.3 Å². The molecule has 0 spiro atoms. The Balaban J connectivity index is 1.72. The number of aromatic amines is 1. The van der Waals surface area contributed by atoms with Crippen molar-refractivity contribution in [3.05, 3.63) is 76.0 Å². The number of para-hydroxylation sites is 1. The largest absolute Gasteiger partial charge is 0.456 e. The first-order chi connectivity index (χ1) is 15.4. The number of ether oxygens (including phenoxy) is 2. The van der Waals surface area contributed by atoms with Crippen LogP contribution in [0.3, 0.4) is 0 Å². The average Bonchev–Trinajstić information content (AvgIpc) is 3.20. The fourth-order valence-corrected chi connectivity index (χ4v) is 3.14. The Kier molecular flexibility index (Phi) is 7.17. The molecule has 3 aromatic rings. The molecular formula is C22H21N3O7. The second kappa shape index (κ2) is 10.2. The Labute approximate surface area is 182 Å². The van der Waals surface area contributed by atoms with Gasteiger partial charge in [0.05, 0.1) is 11.5 Å². The number of nitrogens with one attached hydrogen (secondary N) is 2. The number of non-ortho nitro benzene ring substituents is 1. The lowest BCUT2D eigenvalue weighted by atomic mass is 10.1. The van der Waals surface area contributed by atoms with Gasteiger partial charge in [-0.05, 0) is 18.6 Å². The van der Waals surface area contributed by atoms with Crippen LogP contribution in [-0.2, 0) is 20.7 Å². The fraction of sp³-hybridized carbons (Fsp3) is 0.227. The number of esters is 1. The topological polar surface area (TPSA) is 141 Å². The number of H-pyrrole nitrogens is 1. The first kappa shape index (κ1) is 22.5. The third kappa shape index (κ3) is 5.48. The molecule has 1 atom stereocenters. The number of alkyl carbamates (subject to hydrolysis) is 1. The number of nitro benzene ring substituents is 1. The highest BCUT2D eigenvalue weighted by molar-refractivity contribution is 5.98. The number of fused-ring (bicyclic) bond motifs is 1. The second-order valence-corrected chi connectivity index (χ2v) is 6.82. The summed E-state index contributed by atoms with van der Waals surface area (Å²) in [6.07, 6.45) is 1.04. The van der Waals surface area contributed by atoms with Crippen LogP contribution < -0.4 is 5.32 Å². The third-order valence-corrected chi connectivity index (χ3v) is 4.68. The summed E-state index contributed by atoms with van der Waals surface area (Å²) < 4.78 is 9.99. The molecule has 0 saturated carbocycles. The van der Waals surface area contributed by atoms with Crippen LogP contribution in [-0.4, -0.2) is 47.0 Å². The SMILES string of the molecule is CCOC(=O)N[C@H](Cc1c[nH]c2ccccc12)C(=O)OCC(=O)c1cccc([N+](=O)[O-])c1. The molecule has 2 aromatic carbocycles. The molecule has 0 fully saturated rings. The lowest BCUT2D eigenvalue weighted by Gasteiger charge is -2.17. The van der Waals surface area contributed by atoms with E-state index in [1.54, 1.807) is 13.1 Å². The number of rotatable bonds is 9.